The highest BCUT2D eigenvalue weighted by atomic mass is 32.2. The molecule has 86 valence electrons. The average Bonchev–Trinajstić information content (AvgIpc) is 2.13. The molecule has 0 aromatic rings. The SMILES string of the molecule is CCCCN(C)S(=O)(=O)NC(C)CO. The van der Waals surface area contributed by atoms with E-state index in [-0.39, 0.29) is 6.61 Å². The molecule has 6 heteroatoms. The zero-order chi connectivity index (χ0) is 11.2. The first kappa shape index (κ1) is 13.8. The normalized spacial score (nSPS) is 14.6. The van der Waals surface area contributed by atoms with E-state index in [0.29, 0.717) is 6.54 Å². The Labute approximate surface area is 86.3 Å². The van der Waals surface area contributed by atoms with Crippen molar-refractivity contribution in [1.82, 2.24) is 9.03 Å². The highest BCUT2D eigenvalue weighted by Gasteiger charge is 2.18. The van der Waals surface area contributed by atoms with Gasteiger partial charge in [0, 0.05) is 19.6 Å². The molecule has 0 fully saturated rings. The van der Waals surface area contributed by atoms with Gasteiger partial charge in [-0.05, 0) is 13.3 Å². The first-order chi connectivity index (χ1) is 6.44. The minimum Gasteiger partial charge on any atom is -0.395 e. The summed E-state index contributed by atoms with van der Waals surface area (Å²) >= 11 is 0. The second-order valence-corrected chi connectivity index (χ2v) is 5.19. The third kappa shape index (κ3) is 4.90. The molecule has 0 spiro atoms. The number of nitrogens with zero attached hydrogens (tertiary/aromatic N) is 1. The fraction of sp³-hybridized carbons (Fsp3) is 1.00. The van der Waals surface area contributed by atoms with Gasteiger partial charge in [-0.1, -0.05) is 13.3 Å². The van der Waals surface area contributed by atoms with Crippen molar-refractivity contribution in [3.63, 3.8) is 0 Å². The first-order valence-electron chi connectivity index (χ1n) is 4.78. The second-order valence-electron chi connectivity index (χ2n) is 3.38. The summed E-state index contributed by atoms with van der Waals surface area (Å²) in [6, 6.07) is -0.441. The molecule has 2 N–H and O–H groups in total. The van der Waals surface area contributed by atoms with Crippen molar-refractivity contribution in [1.29, 1.82) is 0 Å². The molecule has 1 unspecified atom stereocenters. The molecular formula is C8H20N2O3S. The largest absolute Gasteiger partial charge is 0.395 e. The van der Waals surface area contributed by atoms with Gasteiger partial charge in [-0.25, -0.2) is 0 Å². The van der Waals surface area contributed by atoms with Gasteiger partial charge in [0.2, 0.25) is 0 Å². The number of hydrogen-bond acceptors (Lipinski definition) is 3. The van der Waals surface area contributed by atoms with Gasteiger partial charge in [0.05, 0.1) is 6.61 Å². The van der Waals surface area contributed by atoms with Crippen molar-refractivity contribution in [3.8, 4) is 0 Å². The zero-order valence-corrected chi connectivity index (χ0v) is 9.84. The van der Waals surface area contributed by atoms with Gasteiger partial charge in [0.1, 0.15) is 0 Å². The topological polar surface area (TPSA) is 69.6 Å². The van der Waals surface area contributed by atoms with E-state index in [9.17, 15) is 8.42 Å². The number of nitrogens with one attached hydrogen (secondary N) is 1. The van der Waals surface area contributed by atoms with Crippen LogP contribution in [0.15, 0.2) is 0 Å². The van der Waals surface area contributed by atoms with Gasteiger partial charge < -0.3 is 5.11 Å². The van der Waals surface area contributed by atoms with Crippen LogP contribution >= 0.6 is 0 Å². The number of rotatable bonds is 7. The molecule has 0 aromatic heterocycles. The fourth-order valence-corrected chi connectivity index (χ4v) is 2.01. The lowest BCUT2D eigenvalue weighted by Crippen LogP contribution is -2.44. The van der Waals surface area contributed by atoms with Crippen LogP contribution in [0.25, 0.3) is 0 Å². The van der Waals surface area contributed by atoms with Crippen LogP contribution in [0, 0.1) is 0 Å². The predicted molar refractivity (Wildman–Crippen MR) is 56.1 cm³/mol. The summed E-state index contributed by atoms with van der Waals surface area (Å²) in [6.45, 7) is 3.93. The van der Waals surface area contributed by atoms with Crippen LogP contribution in [0.4, 0.5) is 0 Å². The van der Waals surface area contributed by atoms with Crippen LogP contribution in [0.1, 0.15) is 26.7 Å². The Bertz CT molecular complexity index is 241. The molecule has 0 radical (unpaired) electrons. The average molecular weight is 224 g/mol. The van der Waals surface area contributed by atoms with E-state index in [2.05, 4.69) is 4.72 Å². The van der Waals surface area contributed by atoms with Crippen molar-refractivity contribution in [2.24, 2.45) is 0 Å². The molecule has 5 nitrogen and oxygen atoms in total. The molecule has 1 atom stereocenters. The number of aliphatic hydroxyl groups is 1. The van der Waals surface area contributed by atoms with E-state index in [0.717, 1.165) is 12.8 Å². The summed E-state index contributed by atoms with van der Waals surface area (Å²) in [6.07, 6.45) is 1.79. The zero-order valence-electron chi connectivity index (χ0n) is 9.02. The smallest absolute Gasteiger partial charge is 0.279 e. The van der Waals surface area contributed by atoms with Gasteiger partial charge in [-0.15, -0.1) is 0 Å². The Balaban J connectivity index is 4.17. The maximum absolute atomic E-state index is 11.5. The van der Waals surface area contributed by atoms with Crippen LogP contribution in [-0.4, -0.2) is 44.1 Å². The van der Waals surface area contributed by atoms with Gasteiger partial charge >= 0.3 is 0 Å². The summed E-state index contributed by atoms with van der Waals surface area (Å²) in [5, 5.41) is 8.71. The van der Waals surface area contributed by atoms with Gasteiger partial charge in [0.25, 0.3) is 10.2 Å². The molecule has 0 saturated heterocycles. The van der Waals surface area contributed by atoms with Crippen molar-refractivity contribution in [2.75, 3.05) is 20.2 Å². The third-order valence-electron chi connectivity index (χ3n) is 1.86. The fourth-order valence-electron chi connectivity index (χ4n) is 0.882. The number of unbranched alkanes of at least 4 members (excludes halogenated alkanes) is 1. The van der Waals surface area contributed by atoms with Crippen LogP contribution in [0.5, 0.6) is 0 Å². The Morgan fingerprint density at radius 1 is 1.50 bits per heavy atom. The second kappa shape index (κ2) is 6.34. The van der Waals surface area contributed by atoms with Crippen LogP contribution in [0.2, 0.25) is 0 Å². The van der Waals surface area contributed by atoms with Crippen LogP contribution in [0.3, 0.4) is 0 Å². The van der Waals surface area contributed by atoms with E-state index < -0.39 is 16.3 Å². The predicted octanol–water partition coefficient (Wildman–Crippen LogP) is -0.0665. The molecule has 0 aromatic carbocycles. The molecule has 0 rings (SSSR count). The minimum absolute atomic E-state index is 0.194. The molecule has 0 bridgehead atoms. The van der Waals surface area contributed by atoms with Crippen LogP contribution in [-0.2, 0) is 10.2 Å². The van der Waals surface area contributed by atoms with Crippen molar-refractivity contribution < 1.29 is 13.5 Å². The monoisotopic (exact) mass is 224 g/mol. The Morgan fingerprint density at radius 2 is 2.07 bits per heavy atom. The Hall–Kier alpha value is -0.170. The quantitative estimate of drug-likeness (QED) is 0.636. The molecular weight excluding hydrogens is 204 g/mol. The van der Waals surface area contributed by atoms with Crippen molar-refractivity contribution >= 4 is 10.2 Å². The summed E-state index contributed by atoms with van der Waals surface area (Å²) in [5.41, 5.74) is 0. The third-order valence-corrected chi connectivity index (χ3v) is 3.56. The molecule has 0 aliphatic heterocycles. The lowest BCUT2D eigenvalue weighted by atomic mass is 10.3. The lowest BCUT2D eigenvalue weighted by Gasteiger charge is -2.19. The molecule has 0 heterocycles. The summed E-state index contributed by atoms with van der Waals surface area (Å²) in [5.74, 6) is 0. The molecule has 0 saturated carbocycles. The molecule has 0 aliphatic rings. The van der Waals surface area contributed by atoms with E-state index >= 15 is 0 Å². The van der Waals surface area contributed by atoms with E-state index in [4.69, 9.17) is 5.11 Å². The van der Waals surface area contributed by atoms with Gasteiger partial charge in [-0.3, -0.25) is 0 Å². The van der Waals surface area contributed by atoms with E-state index in [1.165, 1.54) is 11.4 Å². The summed E-state index contributed by atoms with van der Waals surface area (Å²) < 4.78 is 26.6. The Morgan fingerprint density at radius 3 is 2.50 bits per heavy atom. The van der Waals surface area contributed by atoms with Crippen LogP contribution < -0.4 is 4.72 Å². The van der Waals surface area contributed by atoms with Gasteiger partial charge in [-0.2, -0.15) is 17.4 Å². The highest BCUT2D eigenvalue weighted by Crippen LogP contribution is 1.99. The lowest BCUT2D eigenvalue weighted by molar-refractivity contribution is 0.263. The summed E-state index contributed by atoms with van der Waals surface area (Å²) in [4.78, 5) is 0. The summed E-state index contributed by atoms with van der Waals surface area (Å²) in [7, 11) is -1.89. The van der Waals surface area contributed by atoms with Gasteiger partial charge in [0.15, 0.2) is 0 Å². The first-order valence-corrected chi connectivity index (χ1v) is 6.22. The molecule has 14 heavy (non-hydrogen) atoms. The van der Waals surface area contributed by atoms with E-state index in [1.54, 1.807) is 6.92 Å². The minimum atomic E-state index is -3.42. The Kier molecular flexibility index (Phi) is 6.26. The number of aliphatic hydroxyl groups excluding tert-OH is 1. The van der Waals surface area contributed by atoms with E-state index in [1.807, 2.05) is 6.92 Å². The molecule has 0 aliphatic carbocycles. The standard InChI is InChI=1S/C8H20N2O3S/c1-4-5-6-10(3)14(12,13)9-8(2)7-11/h8-9,11H,4-7H2,1-3H3. The maximum Gasteiger partial charge on any atom is 0.279 e. The van der Waals surface area contributed by atoms with Crippen molar-refractivity contribution in [2.45, 2.75) is 32.7 Å². The highest BCUT2D eigenvalue weighted by molar-refractivity contribution is 7.87. The van der Waals surface area contributed by atoms with Crippen molar-refractivity contribution in [3.05, 3.63) is 0 Å². The molecule has 0 amide bonds. The maximum atomic E-state index is 11.5. The number of hydrogen-bond donors (Lipinski definition) is 2.